The molecule has 5 heteroatoms. The standard InChI is InChI=1S/C23H35N3O2/c1-4-6-13-26(14-7-5-2)18(3)17-27-19-9-8-10-20(15-19)28-21-11-12-22(24)23(25)16-21/h8-12,15-16,18H,4-7,13-14,17,24-25H2,1-3H3. The first-order chi connectivity index (χ1) is 13.5. The van der Waals surface area contributed by atoms with Crippen LogP contribution in [0.1, 0.15) is 46.5 Å². The highest BCUT2D eigenvalue weighted by molar-refractivity contribution is 5.65. The number of anilines is 2. The first kappa shape index (κ1) is 21.9. The molecule has 5 nitrogen and oxygen atoms in total. The van der Waals surface area contributed by atoms with Gasteiger partial charge in [-0.3, -0.25) is 4.90 Å². The molecule has 2 aromatic rings. The number of benzene rings is 2. The fourth-order valence-electron chi connectivity index (χ4n) is 2.98. The van der Waals surface area contributed by atoms with Crippen LogP contribution in [-0.4, -0.2) is 30.6 Å². The fraction of sp³-hybridized carbons (Fsp3) is 0.478. The summed E-state index contributed by atoms with van der Waals surface area (Å²) in [6.07, 6.45) is 4.88. The minimum Gasteiger partial charge on any atom is -0.492 e. The van der Waals surface area contributed by atoms with Gasteiger partial charge in [-0.2, -0.15) is 0 Å². The van der Waals surface area contributed by atoms with Gasteiger partial charge in [0.2, 0.25) is 0 Å². The summed E-state index contributed by atoms with van der Waals surface area (Å²) >= 11 is 0. The van der Waals surface area contributed by atoms with Crippen LogP contribution >= 0.6 is 0 Å². The number of hydrogen-bond donors (Lipinski definition) is 2. The van der Waals surface area contributed by atoms with Crippen LogP contribution in [0.4, 0.5) is 11.4 Å². The van der Waals surface area contributed by atoms with E-state index in [0.717, 1.165) is 18.8 Å². The number of hydrogen-bond acceptors (Lipinski definition) is 5. The lowest BCUT2D eigenvalue weighted by molar-refractivity contribution is 0.142. The van der Waals surface area contributed by atoms with Gasteiger partial charge in [0.15, 0.2) is 0 Å². The van der Waals surface area contributed by atoms with Gasteiger partial charge in [0.05, 0.1) is 11.4 Å². The maximum Gasteiger partial charge on any atom is 0.131 e. The minimum absolute atomic E-state index is 0.375. The van der Waals surface area contributed by atoms with Crippen molar-refractivity contribution in [3.05, 3.63) is 42.5 Å². The van der Waals surface area contributed by atoms with Crippen LogP contribution in [0.15, 0.2) is 42.5 Å². The molecule has 154 valence electrons. The molecular weight excluding hydrogens is 350 g/mol. The van der Waals surface area contributed by atoms with Crippen molar-refractivity contribution >= 4 is 11.4 Å². The molecule has 0 aliphatic rings. The van der Waals surface area contributed by atoms with E-state index in [1.165, 1.54) is 25.7 Å². The molecule has 1 unspecified atom stereocenters. The Morgan fingerprint density at radius 1 is 0.857 bits per heavy atom. The Bertz CT molecular complexity index is 713. The molecule has 0 saturated heterocycles. The molecule has 0 bridgehead atoms. The average molecular weight is 386 g/mol. The lowest BCUT2D eigenvalue weighted by Gasteiger charge is -2.29. The first-order valence-corrected chi connectivity index (χ1v) is 10.3. The van der Waals surface area contributed by atoms with Crippen molar-refractivity contribution < 1.29 is 9.47 Å². The van der Waals surface area contributed by atoms with Crippen molar-refractivity contribution in [1.29, 1.82) is 0 Å². The van der Waals surface area contributed by atoms with Gasteiger partial charge in [-0.1, -0.05) is 32.8 Å². The van der Waals surface area contributed by atoms with Crippen molar-refractivity contribution in [3.63, 3.8) is 0 Å². The van der Waals surface area contributed by atoms with Crippen LogP contribution in [0.3, 0.4) is 0 Å². The average Bonchev–Trinajstić information content (AvgIpc) is 2.69. The number of nitrogens with zero attached hydrogens (tertiary/aromatic N) is 1. The third kappa shape index (κ3) is 6.97. The number of rotatable bonds is 12. The largest absolute Gasteiger partial charge is 0.492 e. The van der Waals surface area contributed by atoms with E-state index in [-0.39, 0.29) is 0 Å². The van der Waals surface area contributed by atoms with Gasteiger partial charge in [0.25, 0.3) is 0 Å². The molecule has 0 fully saturated rings. The summed E-state index contributed by atoms with van der Waals surface area (Å²) in [5, 5.41) is 0. The molecule has 0 heterocycles. The summed E-state index contributed by atoms with van der Waals surface area (Å²) in [5.41, 5.74) is 12.7. The topological polar surface area (TPSA) is 73.7 Å². The van der Waals surface area contributed by atoms with Crippen molar-refractivity contribution in [2.24, 2.45) is 0 Å². The van der Waals surface area contributed by atoms with Crippen LogP contribution in [0.5, 0.6) is 17.2 Å². The van der Waals surface area contributed by atoms with Crippen LogP contribution in [0.25, 0.3) is 0 Å². The molecule has 0 radical (unpaired) electrons. The second-order valence-electron chi connectivity index (χ2n) is 7.27. The Balaban J connectivity index is 1.94. The maximum atomic E-state index is 6.06. The third-order valence-electron chi connectivity index (χ3n) is 4.81. The number of unbranched alkanes of at least 4 members (excludes halogenated alkanes) is 2. The van der Waals surface area contributed by atoms with E-state index in [2.05, 4.69) is 25.7 Å². The molecule has 0 aromatic heterocycles. The second kappa shape index (κ2) is 11.4. The Hall–Kier alpha value is -2.40. The quantitative estimate of drug-likeness (QED) is 0.484. The summed E-state index contributed by atoms with van der Waals surface area (Å²) in [5.74, 6) is 2.17. The highest BCUT2D eigenvalue weighted by atomic mass is 16.5. The molecule has 0 aliphatic carbocycles. The van der Waals surface area contributed by atoms with E-state index in [9.17, 15) is 0 Å². The zero-order chi connectivity index (χ0) is 20.4. The van der Waals surface area contributed by atoms with Gasteiger partial charge in [-0.05, 0) is 57.1 Å². The Morgan fingerprint density at radius 2 is 1.50 bits per heavy atom. The van der Waals surface area contributed by atoms with Crippen LogP contribution in [0.2, 0.25) is 0 Å². The lowest BCUT2D eigenvalue weighted by atomic mass is 10.2. The molecule has 0 aliphatic heterocycles. The summed E-state index contributed by atoms with van der Waals surface area (Å²) in [6.45, 7) is 9.62. The van der Waals surface area contributed by atoms with Gasteiger partial charge in [-0.15, -0.1) is 0 Å². The molecule has 2 aromatic carbocycles. The molecule has 28 heavy (non-hydrogen) atoms. The van der Waals surface area contributed by atoms with Gasteiger partial charge in [0.1, 0.15) is 23.9 Å². The summed E-state index contributed by atoms with van der Waals surface area (Å²) in [6, 6.07) is 13.3. The molecular formula is C23H35N3O2. The molecule has 1 atom stereocenters. The highest BCUT2D eigenvalue weighted by Gasteiger charge is 2.14. The molecule has 2 rings (SSSR count). The Morgan fingerprint density at radius 3 is 2.14 bits per heavy atom. The number of ether oxygens (including phenoxy) is 2. The van der Waals surface area contributed by atoms with Crippen LogP contribution in [-0.2, 0) is 0 Å². The predicted octanol–water partition coefficient (Wildman–Crippen LogP) is 5.31. The molecule has 0 amide bonds. The van der Waals surface area contributed by atoms with E-state index >= 15 is 0 Å². The van der Waals surface area contributed by atoms with Crippen molar-refractivity contribution in [1.82, 2.24) is 4.90 Å². The number of nitrogen functional groups attached to an aromatic ring is 2. The van der Waals surface area contributed by atoms with Crippen LogP contribution < -0.4 is 20.9 Å². The summed E-state index contributed by atoms with van der Waals surface area (Å²) in [4.78, 5) is 2.53. The fourth-order valence-corrected chi connectivity index (χ4v) is 2.98. The normalized spacial score (nSPS) is 12.1. The van der Waals surface area contributed by atoms with E-state index in [1.807, 2.05) is 24.3 Å². The van der Waals surface area contributed by atoms with Crippen molar-refractivity contribution in [2.45, 2.75) is 52.5 Å². The van der Waals surface area contributed by atoms with Crippen molar-refractivity contribution in [3.8, 4) is 17.2 Å². The van der Waals surface area contributed by atoms with E-state index in [1.54, 1.807) is 18.2 Å². The number of nitrogens with two attached hydrogens (primary N) is 2. The van der Waals surface area contributed by atoms with E-state index in [4.69, 9.17) is 20.9 Å². The van der Waals surface area contributed by atoms with E-state index in [0.29, 0.717) is 35.5 Å². The molecule has 0 saturated carbocycles. The predicted molar refractivity (Wildman–Crippen MR) is 118 cm³/mol. The smallest absolute Gasteiger partial charge is 0.131 e. The zero-order valence-corrected chi connectivity index (χ0v) is 17.5. The monoisotopic (exact) mass is 385 g/mol. The Labute approximate surface area is 169 Å². The van der Waals surface area contributed by atoms with Gasteiger partial charge >= 0.3 is 0 Å². The maximum absolute atomic E-state index is 6.06. The van der Waals surface area contributed by atoms with Crippen LogP contribution in [0, 0.1) is 0 Å². The van der Waals surface area contributed by atoms with Gasteiger partial charge in [-0.25, -0.2) is 0 Å². The molecule has 0 spiro atoms. The lowest BCUT2D eigenvalue weighted by Crippen LogP contribution is -2.38. The second-order valence-corrected chi connectivity index (χ2v) is 7.27. The van der Waals surface area contributed by atoms with Gasteiger partial charge in [0, 0.05) is 18.2 Å². The third-order valence-corrected chi connectivity index (χ3v) is 4.81. The molecule has 4 N–H and O–H groups in total. The first-order valence-electron chi connectivity index (χ1n) is 10.3. The summed E-state index contributed by atoms with van der Waals surface area (Å²) < 4.78 is 12.0. The Kier molecular flexibility index (Phi) is 8.95. The highest BCUT2D eigenvalue weighted by Crippen LogP contribution is 2.28. The minimum atomic E-state index is 0.375. The van der Waals surface area contributed by atoms with Gasteiger partial charge < -0.3 is 20.9 Å². The zero-order valence-electron chi connectivity index (χ0n) is 17.5. The van der Waals surface area contributed by atoms with Crippen molar-refractivity contribution in [2.75, 3.05) is 31.2 Å². The summed E-state index contributed by atoms with van der Waals surface area (Å²) in [7, 11) is 0. The SMILES string of the molecule is CCCCN(CCCC)C(C)COc1cccc(Oc2ccc(N)c(N)c2)c1. The van der Waals surface area contributed by atoms with E-state index < -0.39 is 0 Å².